The molecule has 1 unspecified atom stereocenters. The van der Waals surface area contributed by atoms with E-state index in [0.717, 1.165) is 16.7 Å². The fourth-order valence-corrected chi connectivity index (χ4v) is 5.77. The Balaban J connectivity index is 1.58. The van der Waals surface area contributed by atoms with E-state index in [9.17, 15) is 18.0 Å². The molecule has 218 valence electrons. The van der Waals surface area contributed by atoms with Crippen molar-refractivity contribution in [1.82, 2.24) is 14.9 Å². The van der Waals surface area contributed by atoms with Crippen LogP contribution < -0.4 is 10.0 Å². The Bertz CT molecular complexity index is 1560. The molecule has 7 nitrogen and oxygen atoms in total. The Kier molecular flexibility index (Phi) is 10.9. The largest absolute Gasteiger partial charge is 0.350 e. The molecular weight excluding hydrogens is 570 g/mol. The number of nitrogens with one attached hydrogen (secondary N) is 2. The predicted molar refractivity (Wildman–Crippen MR) is 165 cm³/mol. The quantitative estimate of drug-likeness (QED) is 0.206. The van der Waals surface area contributed by atoms with Gasteiger partial charge in [-0.2, -0.15) is 0 Å². The van der Waals surface area contributed by atoms with E-state index in [-0.39, 0.29) is 36.2 Å². The van der Waals surface area contributed by atoms with Gasteiger partial charge >= 0.3 is 0 Å². The molecule has 1 atom stereocenters. The molecule has 0 radical (unpaired) electrons. The fourth-order valence-electron chi connectivity index (χ4n) is 4.60. The molecule has 0 heterocycles. The molecule has 0 saturated heterocycles. The minimum Gasteiger partial charge on any atom is -0.350 e. The van der Waals surface area contributed by atoms with Crippen LogP contribution in [-0.4, -0.2) is 31.7 Å². The van der Waals surface area contributed by atoms with E-state index in [4.69, 9.17) is 11.6 Å². The summed E-state index contributed by atoms with van der Waals surface area (Å²) in [7, 11) is -3.56. The number of rotatable bonds is 13. The number of carbonyl (C=O) groups is 2. The highest BCUT2D eigenvalue weighted by molar-refractivity contribution is 7.89. The van der Waals surface area contributed by atoms with Gasteiger partial charge in [0.05, 0.1) is 4.90 Å². The van der Waals surface area contributed by atoms with Gasteiger partial charge in [0.1, 0.15) is 6.04 Å². The zero-order chi connectivity index (χ0) is 30.0. The average molecular weight is 604 g/mol. The zero-order valence-electron chi connectivity index (χ0n) is 23.4. The summed E-state index contributed by atoms with van der Waals surface area (Å²) in [6.07, 6.45) is 0.527. The minimum absolute atomic E-state index is 0.139. The van der Waals surface area contributed by atoms with E-state index in [0.29, 0.717) is 23.6 Å². The number of aryl methyl sites for hydroxylation is 1. The van der Waals surface area contributed by atoms with E-state index in [2.05, 4.69) is 10.0 Å². The number of hydrogen-bond donors (Lipinski definition) is 2. The lowest BCUT2D eigenvalue weighted by Gasteiger charge is -2.32. The van der Waals surface area contributed by atoms with Crippen molar-refractivity contribution in [2.45, 2.75) is 43.8 Å². The van der Waals surface area contributed by atoms with E-state index < -0.39 is 16.1 Å². The molecule has 0 aromatic heterocycles. The zero-order valence-corrected chi connectivity index (χ0v) is 24.9. The maximum absolute atomic E-state index is 13.9. The summed E-state index contributed by atoms with van der Waals surface area (Å²) < 4.78 is 27.1. The SMILES string of the molecule is CCNS(=O)(=O)c1ccc(CCC(=O)N(Cc2ccccc2)C(C(=O)NCc2ccc(Cl)cc2)c2ccccc2)cc1. The van der Waals surface area contributed by atoms with E-state index in [1.54, 1.807) is 36.1 Å². The van der Waals surface area contributed by atoms with Gasteiger partial charge in [-0.1, -0.05) is 103 Å². The van der Waals surface area contributed by atoms with Crippen LogP contribution in [0.25, 0.3) is 0 Å². The number of carbonyl (C=O) groups excluding carboxylic acids is 2. The van der Waals surface area contributed by atoms with Crippen LogP contribution in [0, 0.1) is 0 Å². The molecular formula is C33H34ClN3O4S. The first-order chi connectivity index (χ1) is 20.3. The molecule has 4 rings (SSSR count). The summed E-state index contributed by atoms with van der Waals surface area (Å²) in [5.74, 6) is -0.489. The molecule has 4 aromatic rings. The maximum Gasteiger partial charge on any atom is 0.247 e. The second-order valence-electron chi connectivity index (χ2n) is 9.81. The molecule has 0 bridgehead atoms. The topological polar surface area (TPSA) is 95.6 Å². The van der Waals surface area contributed by atoms with Gasteiger partial charge in [-0.15, -0.1) is 0 Å². The van der Waals surface area contributed by atoms with Crippen LogP contribution in [0.4, 0.5) is 0 Å². The van der Waals surface area contributed by atoms with Crippen LogP contribution in [0.1, 0.15) is 41.6 Å². The molecule has 0 aliphatic carbocycles. The third-order valence-electron chi connectivity index (χ3n) is 6.77. The smallest absolute Gasteiger partial charge is 0.247 e. The lowest BCUT2D eigenvalue weighted by molar-refractivity contribution is -0.141. The highest BCUT2D eigenvalue weighted by Gasteiger charge is 2.31. The average Bonchev–Trinajstić information content (AvgIpc) is 3.00. The van der Waals surface area contributed by atoms with Gasteiger partial charge in [0, 0.05) is 31.1 Å². The highest BCUT2D eigenvalue weighted by atomic mass is 35.5. The minimum atomic E-state index is -3.56. The number of halogens is 1. The Morgan fingerprint density at radius 2 is 1.38 bits per heavy atom. The van der Waals surface area contributed by atoms with Gasteiger partial charge in [0.2, 0.25) is 21.8 Å². The van der Waals surface area contributed by atoms with E-state index in [1.165, 1.54) is 12.1 Å². The van der Waals surface area contributed by atoms with Crippen molar-refractivity contribution in [2.75, 3.05) is 6.54 Å². The molecule has 0 aliphatic rings. The Labute approximate surface area is 252 Å². The maximum atomic E-state index is 13.9. The third-order valence-corrected chi connectivity index (χ3v) is 8.58. The first-order valence-electron chi connectivity index (χ1n) is 13.8. The molecule has 0 fully saturated rings. The molecule has 42 heavy (non-hydrogen) atoms. The number of sulfonamides is 1. The second-order valence-corrected chi connectivity index (χ2v) is 12.0. The van der Waals surface area contributed by atoms with Crippen molar-refractivity contribution < 1.29 is 18.0 Å². The van der Waals surface area contributed by atoms with E-state index in [1.807, 2.05) is 72.8 Å². The van der Waals surface area contributed by atoms with Crippen molar-refractivity contribution in [3.05, 3.63) is 136 Å². The highest BCUT2D eigenvalue weighted by Crippen LogP contribution is 2.25. The molecule has 0 aliphatic heterocycles. The third kappa shape index (κ3) is 8.52. The first kappa shape index (κ1) is 31.0. The standard InChI is InChI=1S/C33H34ClN3O4S/c1-2-36-42(40,41)30-20-15-25(16-21-30)17-22-31(38)37(24-27-9-5-3-6-10-27)32(28-11-7-4-8-12-28)33(39)35-23-26-13-18-29(34)19-14-26/h3-16,18-21,32,36H,2,17,22-24H2,1H3,(H,35,39). The molecule has 4 aromatic carbocycles. The van der Waals surface area contributed by atoms with Gasteiger partial charge in [-0.05, 0) is 52.9 Å². The van der Waals surface area contributed by atoms with Crippen LogP contribution in [0.2, 0.25) is 5.02 Å². The van der Waals surface area contributed by atoms with Crippen molar-refractivity contribution in [3.8, 4) is 0 Å². The second kappa shape index (κ2) is 14.8. The molecule has 2 N–H and O–H groups in total. The Morgan fingerprint density at radius 1 is 0.786 bits per heavy atom. The van der Waals surface area contributed by atoms with Crippen LogP contribution in [0.15, 0.2) is 114 Å². The van der Waals surface area contributed by atoms with Crippen LogP contribution >= 0.6 is 11.6 Å². The summed E-state index contributed by atoms with van der Waals surface area (Å²) in [5.41, 5.74) is 3.31. The summed E-state index contributed by atoms with van der Waals surface area (Å²) in [6, 6.07) is 31.7. The summed E-state index contributed by atoms with van der Waals surface area (Å²) in [6.45, 7) is 2.55. The normalized spacial score (nSPS) is 12.0. The summed E-state index contributed by atoms with van der Waals surface area (Å²) >= 11 is 6.01. The molecule has 0 spiro atoms. The fraction of sp³-hybridized carbons (Fsp3) is 0.212. The lowest BCUT2D eigenvalue weighted by atomic mass is 10.0. The van der Waals surface area contributed by atoms with Crippen LogP contribution in [0.3, 0.4) is 0 Å². The lowest BCUT2D eigenvalue weighted by Crippen LogP contribution is -2.43. The monoisotopic (exact) mass is 603 g/mol. The Morgan fingerprint density at radius 3 is 2.00 bits per heavy atom. The molecule has 2 amide bonds. The van der Waals surface area contributed by atoms with Crippen LogP contribution in [0.5, 0.6) is 0 Å². The van der Waals surface area contributed by atoms with Crippen molar-refractivity contribution in [3.63, 3.8) is 0 Å². The predicted octanol–water partition coefficient (Wildman–Crippen LogP) is 5.66. The van der Waals surface area contributed by atoms with Crippen molar-refractivity contribution in [1.29, 1.82) is 0 Å². The number of hydrogen-bond acceptors (Lipinski definition) is 4. The number of nitrogens with zero attached hydrogens (tertiary/aromatic N) is 1. The van der Waals surface area contributed by atoms with Crippen LogP contribution in [-0.2, 0) is 39.1 Å². The Hall–Kier alpha value is -3.98. The van der Waals surface area contributed by atoms with Gasteiger partial charge in [0.15, 0.2) is 0 Å². The summed E-state index contributed by atoms with van der Waals surface area (Å²) in [5, 5.41) is 3.62. The summed E-state index contributed by atoms with van der Waals surface area (Å²) in [4.78, 5) is 29.5. The molecule has 9 heteroatoms. The molecule has 0 saturated carbocycles. The van der Waals surface area contributed by atoms with E-state index >= 15 is 0 Å². The van der Waals surface area contributed by atoms with Gasteiger partial charge in [-0.3, -0.25) is 9.59 Å². The van der Waals surface area contributed by atoms with Crippen molar-refractivity contribution >= 4 is 33.4 Å². The van der Waals surface area contributed by atoms with Gasteiger partial charge in [0.25, 0.3) is 0 Å². The first-order valence-corrected chi connectivity index (χ1v) is 15.6. The number of benzene rings is 4. The van der Waals surface area contributed by atoms with Gasteiger partial charge in [-0.25, -0.2) is 13.1 Å². The number of amides is 2. The van der Waals surface area contributed by atoms with Crippen molar-refractivity contribution in [2.24, 2.45) is 0 Å². The van der Waals surface area contributed by atoms with Gasteiger partial charge < -0.3 is 10.2 Å².